The molecular weight excluding hydrogens is 282 g/mol. The highest BCUT2D eigenvalue weighted by molar-refractivity contribution is 7.86. The molecule has 2 heterocycles. The van der Waals surface area contributed by atoms with Crippen molar-refractivity contribution in [1.29, 1.82) is 5.26 Å². The smallest absolute Gasteiger partial charge is 0.344 e. The summed E-state index contributed by atoms with van der Waals surface area (Å²) >= 11 is 5.88. The molecule has 0 amide bonds. The molecule has 0 aliphatic carbocycles. The lowest BCUT2D eigenvalue weighted by atomic mass is 10.2. The van der Waals surface area contributed by atoms with E-state index in [0.717, 1.165) is 18.6 Å². The van der Waals surface area contributed by atoms with Crippen molar-refractivity contribution in [3.8, 4) is 6.07 Å². The molecule has 2 aromatic rings. The zero-order chi connectivity index (χ0) is 13.5. The van der Waals surface area contributed by atoms with Gasteiger partial charge in [-0.25, -0.2) is 9.01 Å². The van der Waals surface area contributed by atoms with Crippen LogP contribution in [0.1, 0.15) is 5.56 Å². The van der Waals surface area contributed by atoms with Crippen LogP contribution in [0.15, 0.2) is 18.5 Å². The molecule has 0 unspecified atom stereocenters. The quantitative estimate of drug-likeness (QED) is 0.580. The van der Waals surface area contributed by atoms with Crippen LogP contribution in [-0.2, 0) is 10.1 Å². The number of nitriles is 1. The van der Waals surface area contributed by atoms with Gasteiger partial charge in [0.25, 0.3) is 0 Å². The molecule has 94 valence electrons. The van der Waals surface area contributed by atoms with E-state index in [1.54, 1.807) is 0 Å². The van der Waals surface area contributed by atoms with Crippen molar-refractivity contribution >= 4 is 32.8 Å². The molecule has 0 fully saturated rings. The van der Waals surface area contributed by atoms with E-state index >= 15 is 0 Å². The lowest BCUT2D eigenvalue weighted by Crippen LogP contribution is -2.31. The minimum absolute atomic E-state index is 0.0452. The molecule has 0 saturated heterocycles. The summed E-state index contributed by atoms with van der Waals surface area (Å²) in [7, 11) is -3.83. The number of hydrogen-bond donors (Lipinski definition) is 0. The van der Waals surface area contributed by atoms with Crippen molar-refractivity contribution < 1.29 is 17.4 Å². The first-order valence-electron chi connectivity index (χ1n) is 4.56. The first-order chi connectivity index (χ1) is 8.33. The first kappa shape index (κ1) is 12.5. The summed E-state index contributed by atoms with van der Waals surface area (Å²) in [4.78, 5) is 0. The van der Waals surface area contributed by atoms with Gasteiger partial charge in [-0.2, -0.15) is 13.7 Å². The van der Waals surface area contributed by atoms with Crippen LogP contribution >= 0.6 is 11.6 Å². The Hall–Kier alpha value is -1.98. The fourth-order valence-electron chi connectivity index (χ4n) is 1.49. The van der Waals surface area contributed by atoms with Crippen molar-refractivity contribution in [3.63, 3.8) is 0 Å². The van der Waals surface area contributed by atoms with E-state index in [1.165, 1.54) is 6.07 Å². The molecule has 0 aliphatic rings. The highest BCUT2D eigenvalue weighted by Crippen LogP contribution is 2.25. The second kappa shape index (κ2) is 4.04. The minimum Gasteiger partial charge on any atom is -0.710 e. The highest BCUT2D eigenvalue weighted by atomic mass is 35.5. The number of aromatic nitrogens is 2. The summed E-state index contributed by atoms with van der Waals surface area (Å²) in [5, 5.41) is 20.8. The second-order valence-corrected chi connectivity index (χ2v) is 5.41. The van der Waals surface area contributed by atoms with Gasteiger partial charge in [0.2, 0.25) is 0 Å². The van der Waals surface area contributed by atoms with Crippen molar-refractivity contribution in [3.05, 3.63) is 34.3 Å². The Morgan fingerprint density at radius 3 is 2.83 bits per heavy atom. The Morgan fingerprint density at radius 1 is 1.61 bits per heavy atom. The molecule has 18 heavy (non-hydrogen) atoms. The van der Waals surface area contributed by atoms with E-state index in [2.05, 4.69) is 4.28 Å². The van der Waals surface area contributed by atoms with E-state index in [-0.39, 0.29) is 21.6 Å². The number of fused-ring (bicyclic) bond motifs is 1. The fourth-order valence-corrected chi connectivity index (χ4v) is 2.14. The van der Waals surface area contributed by atoms with Gasteiger partial charge >= 0.3 is 15.8 Å². The molecule has 0 atom stereocenters. The average Bonchev–Trinajstić information content (AvgIpc) is 2.61. The van der Waals surface area contributed by atoms with Gasteiger partial charge in [0.1, 0.15) is 17.0 Å². The molecule has 9 heteroatoms. The van der Waals surface area contributed by atoms with Crippen LogP contribution in [0.25, 0.3) is 11.0 Å². The van der Waals surface area contributed by atoms with Crippen LogP contribution in [0.5, 0.6) is 0 Å². The summed E-state index contributed by atoms with van der Waals surface area (Å²) in [5.74, 6) is 0. The predicted octanol–water partition coefficient (Wildman–Crippen LogP) is 0.188. The number of hydrogen-bond acceptors (Lipinski definition) is 5. The number of pyridine rings is 1. The second-order valence-electron chi connectivity index (χ2n) is 3.45. The summed E-state index contributed by atoms with van der Waals surface area (Å²) in [6.45, 7) is 0. The molecular formula is C9H6ClN3O4S. The van der Waals surface area contributed by atoms with E-state index < -0.39 is 10.1 Å². The third-order valence-corrected chi connectivity index (χ3v) is 2.83. The van der Waals surface area contributed by atoms with Crippen molar-refractivity contribution in [2.75, 3.05) is 6.26 Å². The largest absolute Gasteiger partial charge is 0.710 e. The van der Waals surface area contributed by atoms with Crippen molar-refractivity contribution in [2.45, 2.75) is 0 Å². The van der Waals surface area contributed by atoms with Crippen LogP contribution in [0.4, 0.5) is 0 Å². The molecule has 0 saturated carbocycles. The predicted molar refractivity (Wildman–Crippen MR) is 62.0 cm³/mol. The molecule has 2 aromatic heterocycles. The normalized spacial score (nSPS) is 11.4. The highest BCUT2D eigenvalue weighted by Gasteiger charge is 2.24. The molecule has 0 radical (unpaired) electrons. The lowest BCUT2D eigenvalue weighted by molar-refractivity contribution is -0.581. The van der Waals surface area contributed by atoms with Gasteiger partial charge in [-0.15, -0.1) is 0 Å². The van der Waals surface area contributed by atoms with Gasteiger partial charge in [-0.3, -0.25) is 0 Å². The maximum Gasteiger partial charge on any atom is 0.344 e. The van der Waals surface area contributed by atoms with Gasteiger partial charge in [-0.1, -0.05) is 11.6 Å². The zero-order valence-electron chi connectivity index (χ0n) is 8.99. The lowest BCUT2D eigenvalue weighted by Gasteiger charge is -2.05. The van der Waals surface area contributed by atoms with Crippen LogP contribution in [0, 0.1) is 16.5 Å². The first-order valence-corrected chi connectivity index (χ1v) is 6.75. The molecule has 7 nitrogen and oxygen atoms in total. The Morgan fingerprint density at radius 2 is 2.28 bits per heavy atom. The van der Waals surface area contributed by atoms with E-state index in [0.29, 0.717) is 9.46 Å². The standard InChI is InChI=1S/C9H6ClN3O4S/c1-18(15,16)17-13-5-6(4-11)8-7(10)2-3-12(14)9(8)13/h2-3,5H,1H3. The molecule has 0 bridgehead atoms. The van der Waals surface area contributed by atoms with Gasteiger partial charge < -0.3 is 5.21 Å². The van der Waals surface area contributed by atoms with Crippen molar-refractivity contribution in [1.82, 2.24) is 4.73 Å². The van der Waals surface area contributed by atoms with Crippen LogP contribution < -0.4 is 9.01 Å². The number of nitrogens with zero attached hydrogens (tertiary/aromatic N) is 3. The van der Waals surface area contributed by atoms with E-state index in [1.807, 2.05) is 6.07 Å². The summed E-state index contributed by atoms with van der Waals surface area (Å²) in [6, 6.07) is 3.12. The Kier molecular flexibility index (Phi) is 2.80. The summed E-state index contributed by atoms with van der Waals surface area (Å²) in [6.07, 6.45) is 3.00. The molecule has 0 aromatic carbocycles. The molecule has 0 N–H and O–H groups in total. The molecule has 0 aliphatic heterocycles. The van der Waals surface area contributed by atoms with Gasteiger partial charge in [0, 0.05) is 0 Å². The Labute approximate surface area is 107 Å². The third-order valence-electron chi connectivity index (χ3n) is 2.09. The number of rotatable bonds is 2. The maximum absolute atomic E-state index is 11.6. The third kappa shape index (κ3) is 2.05. The minimum atomic E-state index is -3.83. The van der Waals surface area contributed by atoms with Crippen LogP contribution in [-0.4, -0.2) is 19.4 Å². The molecule has 0 spiro atoms. The van der Waals surface area contributed by atoms with Gasteiger partial charge in [0.15, 0.2) is 6.20 Å². The Bertz CT molecular complexity index is 775. The fraction of sp³-hybridized carbons (Fsp3) is 0.111. The maximum atomic E-state index is 11.6. The topological polar surface area (TPSA) is 99.0 Å². The molecule has 2 rings (SSSR count). The van der Waals surface area contributed by atoms with Gasteiger partial charge in [0.05, 0.1) is 17.5 Å². The zero-order valence-corrected chi connectivity index (χ0v) is 10.6. The van der Waals surface area contributed by atoms with Crippen LogP contribution in [0.3, 0.4) is 0 Å². The van der Waals surface area contributed by atoms with E-state index in [4.69, 9.17) is 16.9 Å². The summed E-state index contributed by atoms with van der Waals surface area (Å²) < 4.78 is 27.8. The Balaban J connectivity index is 2.85. The summed E-state index contributed by atoms with van der Waals surface area (Å²) in [5.41, 5.74) is -0.117. The monoisotopic (exact) mass is 287 g/mol. The van der Waals surface area contributed by atoms with E-state index in [9.17, 15) is 13.6 Å². The SMILES string of the molecule is CS(=O)(=O)On1cc(C#N)c2c(Cl)cc[n+]([O-])c21. The average molecular weight is 288 g/mol. The van der Waals surface area contributed by atoms with Gasteiger partial charge in [-0.05, 0) is 10.8 Å². The number of halogens is 1. The van der Waals surface area contributed by atoms with Crippen LogP contribution in [0.2, 0.25) is 5.02 Å². The van der Waals surface area contributed by atoms with Crippen molar-refractivity contribution in [2.24, 2.45) is 0 Å².